The van der Waals surface area contributed by atoms with Crippen molar-refractivity contribution >= 4 is 0 Å². The number of aliphatic hydroxyl groups is 1. The zero-order valence-electron chi connectivity index (χ0n) is 10.4. The van der Waals surface area contributed by atoms with Crippen LogP contribution in [0.2, 0.25) is 0 Å². The van der Waals surface area contributed by atoms with Crippen molar-refractivity contribution in [3.63, 3.8) is 0 Å². The Morgan fingerprint density at radius 3 is 2.56 bits per heavy atom. The smallest absolute Gasteiger partial charge is 0.396 e. The number of rotatable bonds is 6. The zero-order valence-corrected chi connectivity index (χ0v) is 10.4. The van der Waals surface area contributed by atoms with E-state index in [1.165, 1.54) is 4.90 Å². The van der Waals surface area contributed by atoms with Crippen LogP contribution in [-0.4, -0.2) is 35.9 Å². The van der Waals surface area contributed by atoms with Crippen molar-refractivity contribution in [3.05, 3.63) is 35.4 Å². The summed E-state index contributed by atoms with van der Waals surface area (Å²) >= 11 is 0. The molecule has 0 aliphatic heterocycles. The topological polar surface area (TPSA) is 23.5 Å². The second kappa shape index (κ2) is 6.75. The molecule has 0 saturated carbocycles. The lowest BCUT2D eigenvalue weighted by atomic mass is 10.1. The van der Waals surface area contributed by atoms with Gasteiger partial charge in [0, 0.05) is 19.7 Å². The largest absolute Gasteiger partial charge is 0.401 e. The molecule has 102 valence electrons. The highest BCUT2D eigenvalue weighted by Gasteiger charge is 2.30. The molecule has 2 nitrogen and oxygen atoms in total. The molecular weight excluding hydrogens is 243 g/mol. The Morgan fingerprint density at radius 2 is 2.00 bits per heavy atom. The molecule has 0 atom stereocenters. The second-order valence-corrected chi connectivity index (χ2v) is 4.39. The van der Waals surface area contributed by atoms with Crippen LogP contribution in [0.4, 0.5) is 13.2 Å². The number of alkyl halides is 3. The molecule has 0 radical (unpaired) electrons. The standard InChI is InChI=1S/C13H18F3NO/c1-11-4-2-5-12(8-11)9-17(6-3-7-18)10-13(14,15)16/h2,4-5,8,18H,3,6-7,9-10H2,1H3. The molecular formula is C13H18F3NO. The second-order valence-electron chi connectivity index (χ2n) is 4.39. The first-order valence-corrected chi connectivity index (χ1v) is 5.86. The summed E-state index contributed by atoms with van der Waals surface area (Å²) in [6.45, 7) is 1.36. The maximum absolute atomic E-state index is 12.4. The highest BCUT2D eigenvalue weighted by molar-refractivity contribution is 5.22. The van der Waals surface area contributed by atoms with E-state index in [9.17, 15) is 13.2 Å². The molecule has 0 heterocycles. The molecule has 1 rings (SSSR count). The Labute approximate surface area is 105 Å². The lowest BCUT2D eigenvalue weighted by Crippen LogP contribution is -2.34. The summed E-state index contributed by atoms with van der Waals surface area (Å²) in [5, 5.41) is 8.72. The first kappa shape index (κ1) is 15.0. The SMILES string of the molecule is Cc1cccc(CN(CCCO)CC(F)(F)F)c1. The molecule has 1 aromatic carbocycles. The maximum atomic E-state index is 12.4. The van der Waals surface area contributed by atoms with E-state index in [1.807, 2.05) is 31.2 Å². The van der Waals surface area contributed by atoms with Gasteiger partial charge in [-0.3, -0.25) is 4.90 Å². The van der Waals surface area contributed by atoms with E-state index in [2.05, 4.69) is 0 Å². The molecule has 0 aliphatic carbocycles. The van der Waals surface area contributed by atoms with Crippen LogP contribution in [0.3, 0.4) is 0 Å². The summed E-state index contributed by atoms with van der Waals surface area (Å²) < 4.78 is 37.2. The summed E-state index contributed by atoms with van der Waals surface area (Å²) in [5.41, 5.74) is 1.89. The molecule has 0 saturated heterocycles. The fraction of sp³-hybridized carbons (Fsp3) is 0.538. The van der Waals surface area contributed by atoms with Crippen molar-refractivity contribution < 1.29 is 18.3 Å². The van der Waals surface area contributed by atoms with Gasteiger partial charge in [0.2, 0.25) is 0 Å². The predicted molar refractivity (Wildman–Crippen MR) is 64.2 cm³/mol. The van der Waals surface area contributed by atoms with E-state index in [0.717, 1.165) is 11.1 Å². The van der Waals surface area contributed by atoms with E-state index in [1.54, 1.807) is 0 Å². The molecule has 0 amide bonds. The first-order chi connectivity index (χ1) is 8.40. The minimum Gasteiger partial charge on any atom is -0.396 e. The molecule has 0 aliphatic rings. The highest BCUT2D eigenvalue weighted by Crippen LogP contribution is 2.18. The number of hydrogen-bond acceptors (Lipinski definition) is 2. The number of benzene rings is 1. The Bertz CT molecular complexity index is 365. The number of halogens is 3. The Morgan fingerprint density at radius 1 is 1.28 bits per heavy atom. The van der Waals surface area contributed by atoms with Crippen LogP contribution in [0.1, 0.15) is 17.5 Å². The molecule has 5 heteroatoms. The molecule has 0 aromatic heterocycles. The van der Waals surface area contributed by atoms with Gasteiger partial charge in [-0.1, -0.05) is 29.8 Å². The Hall–Kier alpha value is -1.07. The van der Waals surface area contributed by atoms with E-state index < -0.39 is 12.7 Å². The van der Waals surface area contributed by atoms with Gasteiger partial charge in [-0.15, -0.1) is 0 Å². The number of aliphatic hydroxyl groups excluding tert-OH is 1. The van der Waals surface area contributed by atoms with Crippen molar-refractivity contribution in [2.24, 2.45) is 0 Å². The van der Waals surface area contributed by atoms with Gasteiger partial charge in [-0.25, -0.2) is 0 Å². The average molecular weight is 261 g/mol. The van der Waals surface area contributed by atoms with E-state index in [4.69, 9.17) is 5.11 Å². The predicted octanol–water partition coefficient (Wildman–Crippen LogP) is 2.74. The van der Waals surface area contributed by atoms with Gasteiger partial charge >= 0.3 is 6.18 Å². The van der Waals surface area contributed by atoms with Crippen LogP contribution in [0.15, 0.2) is 24.3 Å². The van der Waals surface area contributed by atoms with Crippen molar-refractivity contribution in [1.29, 1.82) is 0 Å². The quantitative estimate of drug-likeness (QED) is 0.851. The number of nitrogens with zero attached hydrogens (tertiary/aromatic N) is 1. The van der Waals surface area contributed by atoms with Gasteiger partial charge in [-0.2, -0.15) is 13.2 Å². The van der Waals surface area contributed by atoms with E-state index in [-0.39, 0.29) is 19.7 Å². The summed E-state index contributed by atoms with van der Waals surface area (Å²) in [5.74, 6) is 0. The minimum atomic E-state index is -4.21. The van der Waals surface area contributed by atoms with Crippen LogP contribution < -0.4 is 0 Å². The van der Waals surface area contributed by atoms with Gasteiger partial charge < -0.3 is 5.11 Å². The van der Waals surface area contributed by atoms with Crippen molar-refractivity contribution in [2.45, 2.75) is 26.1 Å². The van der Waals surface area contributed by atoms with Gasteiger partial charge in [0.25, 0.3) is 0 Å². The zero-order chi connectivity index (χ0) is 13.6. The Kier molecular flexibility index (Phi) is 5.62. The normalized spacial score (nSPS) is 12.1. The van der Waals surface area contributed by atoms with Crippen LogP contribution >= 0.6 is 0 Å². The van der Waals surface area contributed by atoms with Crippen LogP contribution in [0.5, 0.6) is 0 Å². The van der Waals surface area contributed by atoms with E-state index >= 15 is 0 Å². The fourth-order valence-corrected chi connectivity index (χ4v) is 1.83. The molecule has 18 heavy (non-hydrogen) atoms. The molecule has 0 bridgehead atoms. The Balaban J connectivity index is 2.65. The van der Waals surface area contributed by atoms with Gasteiger partial charge in [0.15, 0.2) is 0 Å². The van der Waals surface area contributed by atoms with E-state index in [0.29, 0.717) is 6.42 Å². The summed E-state index contributed by atoms with van der Waals surface area (Å²) in [7, 11) is 0. The number of aryl methyl sites for hydroxylation is 1. The first-order valence-electron chi connectivity index (χ1n) is 5.86. The fourth-order valence-electron chi connectivity index (χ4n) is 1.83. The molecule has 0 spiro atoms. The van der Waals surface area contributed by atoms with Crippen molar-refractivity contribution in [1.82, 2.24) is 4.90 Å². The van der Waals surface area contributed by atoms with Crippen molar-refractivity contribution in [2.75, 3.05) is 19.7 Å². The molecule has 1 aromatic rings. The summed E-state index contributed by atoms with van der Waals surface area (Å²) in [6, 6.07) is 7.44. The summed E-state index contributed by atoms with van der Waals surface area (Å²) in [6.07, 6.45) is -3.86. The third-order valence-corrected chi connectivity index (χ3v) is 2.52. The molecule has 1 N–H and O–H groups in total. The summed E-state index contributed by atoms with van der Waals surface area (Å²) in [4.78, 5) is 1.31. The monoisotopic (exact) mass is 261 g/mol. The lowest BCUT2D eigenvalue weighted by molar-refractivity contribution is -0.147. The van der Waals surface area contributed by atoms with Gasteiger partial charge in [0.1, 0.15) is 0 Å². The average Bonchev–Trinajstić information content (AvgIpc) is 2.24. The maximum Gasteiger partial charge on any atom is 0.401 e. The van der Waals surface area contributed by atoms with Crippen LogP contribution in [-0.2, 0) is 6.54 Å². The van der Waals surface area contributed by atoms with Crippen molar-refractivity contribution in [3.8, 4) is 0 Å². The third-order valence-electron chi connectivity index (χ3n) is 2.52. The van der Waals surface area contributed by atoms with Gasteiger partial charge in [0.05, 0.1) is 6.54 Å². The molecule has 0 unspecified atom stereocenters. The number of hydrogen-bond donors (Lipinski definition) is 1. The molecule has 0 fully saturated rings. The van der Waals surface area contributed by atoms with Crippen LogP contribution in [0.25, 0.3) is 0 Å². The highest BCUT2D eigenvalue weighted by atomic mass is 19.4. The van der Waals surface area contributed by atoms with Gasteiger partial charge in [-0.05, 0) is 18.9 Å². The minimum absolute atomic E-state index is 0.0951. The third kappa shape index (κ3) is 6.02. The lowest BCUT2D eigenvalue weighted by Gasteiger charge is -2.23. The van der Waals surface area contributed by atoms with Crippen LogP contribution in [0, 0.1) is 6.92 Å².